The molecule has 22 heavy (non-hydrogen) atoms. The number of anilines is 1. The van der Waals surface area contributed by atoms with E-state index < -0.39 is 11.7 Å². The van der Waals surface area contributed by atoms with Crippen LogP contribution in [0.4, 0.5) is 9.52 Å². The zero-order chi connectivity index (χ0) is 15.5. The first-order valence-electron chi connectivity index (χ1n) is 7.23. The standard InChI is InChI=1S/C15H15ClFN3OS/c16-10-6-7-12(17)11(8-10)13(21)18-15-20-19-14(22-15)9-4-2-1-3-5-9/h6-9H,1-5H2,(H,18,20,21). The van der Waals surface area contributed by atoms with Crippen molar-refractivity contribution in [2.24, 2.45) is 0 Å². The highest BCUT2D eigenvalue weighted by molar-refractivity contribution is 7.15. The molecular weight excluding hydrogens is 325 g/mol. The highest BCUT2D eigenvalue weighted by Gasteiger charge is 2.21. The summed E-state index contributed by atoms with van der Waals surface area (Å²) in [6.07, 6.45) is 5.92. The molecule has 1 aromatic heterocycles. The van der Waals surface area contributed by atoms with Crippen molar-refractivity contribution in [3.8, 4) is 0 Å². The lowest BCUT2D eigenvalue weighted by atomic mass is 9.90. The van der Waals surface area contributed by atoms with Crippen LogP contribution in [0, 0.1) is 5.82 Å². The van der Waals surface area contributed by atoms with Crippen molar-refractivity contribution in [1.82, 2.24) is 10.2 Å². The van der Waals surface area contributed by atoms with Crippen molar-refractivity contribution >= 4 is 34.0 Å². The van der Waals surface area contributed by atoms with Gasteiger partial charge in [-0.1, -0.05) is 42.2 Å². The van der Waals surface area contributed by atoms with Crippen LogP contribution in [-0.4, -0.2) is 16.1 Å². The number of nitrogens with zero attached hydrogens (tertiary/aromatic N) is 2. The zero-order valence-corrected chi connectivity index (χ0v) is 13.4. The Morgan fingerprint density at radius 1 is 1.27 bits per heavy atom. The Balaban J connectivity index is 1.71. The average molecular weight is 340 g/mol. The molecular formula is C15H15ClFN3OS. The highest BCUT2D eigenvalue weighted by Crippen LogP contribution is 2.35. The largest absolute Gasteiger partial charge is 0.296 e. The van der Waals surface area contributed by atoms with Gasteiger partial charge in [0.05, 0.1) is 5.56 Å². The van der Waals surface area contributed by atoms with Crippen molar-refractivity contribution in [2.75, 3.05) is 5.32 Å². The number of halogens is 2. The molecule has 1 fully saturated rings. The predicted octanol–water partition coefficient (Wildman–Crippen LogP) is 4.63. The summed E-state index contributed by atoms with van der Waals surface area (Å²) in [5, 5.41) is 12.4. The maximum Gasteiger partial charge on any atom is 0.260 e. The van der Waals surface area contributed by atoms with Crippen LogP contribution in [0.1, 0.15) is 53.4 Å². The molecule has 0 aliphatic heterocycles. The molecule has 1 aromatic carbocycles. The van der Waals surface area contributed by atoms with Gasteiger partial charge in [-0.15, -0.1) is 10.2 Å². The van der Waals surface area contributed by atoms with Gasteiger partial charge in [0.2, 0.25) is 5.13 Å². The van der Waals surface area contributed by atoms with Gasteiger partial charge in [0.25, 0.3) is 5.91 Å². The summed E-state index contributed by atoms with van der Waals surface area (Å²) in [6.45, 7) is 0. The summed E-state index contributed by atoms with van der Waals surface area (Å²) in [7, 11) is 0. The number of aromatic nitrogens is 2. The molecule has 116 valence electrons. The molecule has 0 spiro atoms. The van der Waals surface area contributed by atoms with E-state index >= 15 is 0 Å². The number of rotatable bonds is 3. The van der Waals surface area contributed by atoms with Crippen LogP contribution in [0.25, 0.3) is 0 Å². The Bertz CT molecular complexity index is 685. The van der Waals surface area contributed by atoms with Crippen molar-refractivity contribution in [2.45, 2.75) is 38.0 Å². The van der Waals surface area contributed by atoms with Gasteiger partial charge < -0.3 is 0 Å². The lowest BCUT2D eigenvalue weighted by Crippen LogP contribution is -2.13. The second-order valence-corrected chi connectivity index (χ2v) is 6.80. The SMILES string of the molecule is O=C(Nc1nnc(C2CCCCC2)s1)c1cc(Cl)ccc1F. The first kappa shape index (κ1) is 15.4. The molecule has 1 amide bonds. The third-order valence-electron chi connectivity index (χ3n) is 3.79. The van der Waals surface area contributed by atoms with Gasteiger partial charge in [-0.2, -0.15) is 0 Å². The third kappa shape index (κ3) is 3.44. The Kier molecular flexibility index (Phi) is 4.69. The van der Waals surface area contributed by atoms with E-state index in [9.17, 15) is 9.18 Å². The number of carbonyl (C=O) groups is 1. The van der Waals surface area contributed by atoms with E-state index in [0.29, 0.717) is 16.1 Å². The number of benzene rings is 1. The number of hydrogen-bond donors (Lipinski definition) is 1. The van der Waals surface area contributed by atoms with Crippen molar-refractivity contribution in [3.63, 3.8) is 0 Å². The van der Waals surface area contributed by atoms with E-state index in [1.54, 1.807) is 0 Å². The van der Waals surface area contributed by atoms with E-state index in [0.717, 1.165) is 17.8 Å². The van der Waals surface area contributed by atoms with E-state index in [4.69, 9.17) is 11.6 Å². The van der Waals surface area contributed by atoms with Crippen LogP contribution in [0.3, 0.4) is 0 Å². The quantitative estimate of drug-likeness (QED) is 0.886. The monoisotopic (exact) mass is 339 g/mol. The highest BCUT2D eigenvalue weighted by atomic mass is 35.5. The van der Waals surface area contributed by atoms with Gasteiger partial charge in [-0.05, 0) is 31.0 Å². The van der Waals surface area contributed by atoms with Gasteiger partial charge >= 0.3 is 0 Å². The minimum atomic E-state index is -0.612. The smallest absolute Gasteiger partial charge is 0.260 e. The Morgan fingerprint density at radius 2 is 2.05 bits per heavy atom. The van der Waals surface area contributed by atoms with Crippen LogP contribution in [0.15, 0.2) is 18.2 Å². The molecule has 3 rings (SSSR count). The second-order valence-electron chi connectivity index (χ2n) is 5.36. The average Bonchev–Trinajstić information content (AvgIpc) is 2.99. The molecule has 0 unspecified atom stereocenters. The number of nitrogens with one attached hydrogen (secondary N) is 1. The van der Waals surface area contributed by atoms with E-state index in [2.05, 4.69) is 15.5 Å². The molecule has 0 saturated heterocycles. The van der Waals surface area contributed by atoms with E-state index in [-0.39, 0.29) is 5.56 Å². The molecule has 0 bridgehead atoms. The van der Waals surface area contributed by atoms with Gasteiger partial charge in [0, 0.05) is 10.9 Å². The fraction of sp³-hybridized carbons (Fsp3) is 0.400. The fourth-order valence-electron chi connectivity index (χ4n) is 2.64. The lowest BCUT2D eigenvalue weighted by molar-refractivity contribution is 0.102. The molecule has 1 aliphatic carbocycles. The van der Waals surface area contributed by atoms with E-state index in [1.165, 1.54) is 48.8 Å². The van der Waals surface area contributed by atoms with Gasteiger partial charge in [0.1, 0.15) is 10.8 Å². The first-order chi connectivity index (χ1) is 10.6. The van der Waals surface area contributed by atoms with Crippen molar-refractivity contribution < 1.29 is 9.18 Å². The fourth-order valence-corrected chi connectivity index (χ4v) is 3.72. The maximum atomic E-state index is 13.7. The normalized spacial score (nSPS) is 15.7. The number of carbonyl (C=O) groups excluding carboxylic acids is 1. The predicted molar refractivity (Wildman–Crippen MR) is 85.1 cm³/mol. The van der Waals surface area contributed by atoms with Gasteiger partial charge in [-0.25, -0.2) is 4.39 Å². The topological polar surface area (TPSA) is 54.9 Å². The van der Waals surface area contributed by atoms with Crippen molar-refractivity contribution in [1.29, 1.82) is 0 Å². The van der Waals surface area contributed by atoms with Crippen molar-refractivity contribution in [3.05, 3.63) is 39.6 Å². The summed E-state index contributed by atoms with van der Waals surface area (Å²) < 4.78 is 13.7. The second kappa shape index (κ2) is 6.71. The Hall–Kier alpha value is -1.53. The van der Waals surface area contributed by atoms with Crippen LogP contribution in [0.2, 0.25) is 5.02 Å². The van der Waals surface area contributed by atoms with Crippen LogP contribution in [0.5, 0.6) is 0 Å². The summed E-state index contributed by atoms with van der Waals surface area (Å²) in [5.41, 5.74) is -0.0954. The first-order valence-corrected chi connectivity index (χ1v) is 8.43. The number of hydrogen-bond acceptors (Lipinski definition) is 4. The summed E-state index contributed by atoms with van der Waals surface area (Å²) in [4.78, 5) is 12.1. The summed E-state index contributed by atoms with van der Waals surface area (Å²) in [6, 6.07) is 3.87. The molecule has 1 aliphatic rings. The Labute approximate surface area is 136 Å². The van der Waals surface area contributed by atoms with Crippen LogP contribution >= 0.6 is 22.9 Å². The minimum absolute atomic E-state index is 0.0954. The molecule has 0 atom stereocenters. The molecule has 7 heteroatoms. The number of amides is 1. The molecule has 1 saturated carbocycles. The summed E-state index contributed by atoms with van der Waals surface area (Å²) in [5.74, 6) is -0.745. The molecule has 4 nitrogen and oxygen atoms in total. The molecule has 1 heterocycles. The van der Waals surface area contributed by atoms with Gasteiger partial charge in [-0.3, -0.25) is 10.1 Å². The summed E-state index contributed by atoms with van der Waals surface area (Å²) >= 11 is 7.16. The minimum Gasteiger partial charge on any atom is -0.296 e. The Morgan fingerprint density at radius 3 is 2.82 bits per heavy atom. The molecule has 2 aromatic rings. The molecule has 0 radical (unpaired) electrons. The van der Waals surface area contributed by atoms with Gasteiger partial charge in [0.15, 0.2) is 0 Å². The molecule has 1 N–H and O–H groups in total. The van der Waals surface area contributed by atoms with Crippen LogP contribution in [-0.2, 0) is 0 Å². The van der Waals surface area contributed by atoms with E-state index in [1.807, 2.05) is 0 Å². The maximum absolute atomic E-state index is 13.7. The van der Waals surface area contributed by atoms with Crippen LogP contribution < -0.4 is 5.32 Å². The third-order valence-corrected chi connectivity index (χ3v) is 5.02. The lowest BCUT2D eigenvalue weighted by Gasteiger charge is -2.18. The zero-order valence-electron chi connectivity index (χ0n) is 11.8.